The van der Waals surface area contributed by atoms with Crippen molar-refractivity contribution in [2.45, 2.75) is 25.7 Å². The van der Waals surface area contributed by atoms with Crippen LogP contribution in [0.5, 0.6) is 0 Å². The molecule has 0 spiro atoms. The first-order chi connectivity index (χ1) is 15.3. The average Bonchev–Trinajstić information content (AvgIpc) is 3.07. The zero-order valence-corrected chi connectivity index (χ0v) is 17.8. The highest BCUT2D eigenvalue weighted by atomic mass is 16.5. The number of morpholine rings is 1. The third kappa shape index (κ3) is 4.00. The molecule has 2 unspecified atom stereocenters. The summed E-state index contributed by atoms with van der Waals surface area (Å²) in [5.74, 6) is -1.43. The van der Waals surface area contributed by atoms with Gasteiger partial charge in [0.05, 0.1) is 6.61 Å². The number of ether oxygens (including phenoxy) is 1. The Morgan fingerprint density at radius 3 is 2.62 bits per heavy atom. The molecular weight excluding hydrogens is 412 g/mol. The van der Waals surface area contributed by atoms with Crippen LogP contribution < -0.4 is 10.2 Å². The monoisotopic (exact) mass is 436 g/mol. The number of carbonyl (C=O) groups is 3. The van der Waals surface area contributed by atoms with Crippen molar-refractivity contribution in [2.75, 3.05) is 30.4 Å². The molecule has 0 radical (unpaired) electrons. The molecule has 9 heteroatoms. The maximum atomic E-state index is 13.0. The van der Waals surface area contributed by atoms with Crippen molar-refractivity contribution >= 4 is 34.8 Å². The fourth-order valence-corrected chi connectivity index (χ4v) is 3.85. The number of anilines is 2. The van der Waals surface area contributed by atoms with Gasteiger partial charge in [-0.1, -0.05) is 18.2 Å². The van der Waals surface area contributed by atoms with E-state index in [2.05, 4.69) is 5.32 Å². The third-order valence-corrected chi connectivity index (χ3v) is 5.65. The van der Waals surface area contributed by atoms with Gasteiger partial charge in [0.1, 0.15) is 0 Å². The van der Waals surface area contributed by atoms with Crippen LogP contribution in [0.25, 0.3) is 0 Å². The average molecular weight is 436 g/mol. The summed E-state index contributed by atoms with van der Waals surface area (Å²) in [5.41, 5.74) is 3.49. The minimum Gasteiger partial charge on any atom is -0.380 e. The number of amides is 3. The summed E-state index contributed by atoms with van der Waals surface area (Å²) in [6.07, 6.45) is -3.07. The number of nitrogens with one attached hydrogen (secondary N) is 2. The van der Waals surface area contributed by atoms with Crippen LogP contribution in [0.4, 0.5) is 11.4 Å². The van der Waals surface area contributed by atoms with Gasteiger partial charge in [-0.2, -0.15) is 0 Å². The standard InChI is InChI=1S/C23H24N4O5/c1-13(24)14-3-6-16(7-4-14)25-21(29)19(28)20-23(31)27(9-10-32-20)17-8-5-15-12-26(2)22(30)18(15)11-17/h3-8,11,19-20,24,28H,9-10,12H2,1-2H3,(H,25,29). The zero-order valence-electron chi connectivity index (χ0n) is 17.8. The zero-order chi connectivity index (χ0) is 23.0. The molecule has 0 saturated carbocycles. The quantitative estimate of drug-likeness (QED) is 0.612. The Labute approximate surface area is 185 Å². The summed E-state index contributed by atoms with van der Waals surface area (Å²) >= 11 is 0. The maximum Gasteiger partial charge on any atom is 0.259 e. The van der Waals surface area contributed by atoms with Gasteiger partial charge in [0.2, 0.25) is 0 Å². The number of nitrogens with zero attached hydrogens (tertiary/aromatic N) is 2. The normalized spacial score (nSPS) is 19.0. The van der Waals surface area contributed by atoms with Crippen LogP contribution in [0.2, 0.25) is 0 Å². The number of aliphatic hydroxyl groups is 1. The molecule has 2 aliphatic rings. The van der Waals surface area contributed by atoms with E-state index in [1.54, 1.807) is 55.3 Å². The van der Waals surface area contributed by atoms with E-state index in [1.165, 1.54) is 4.90 Å². The molecule has 2 aromatic rings. The third-order valence-electron chi connectivity index (χ3n) is 5.65. The molecule has 1 saturated heterocycles. The van der Waals surface area contributed by atoms with E-state index in [1.807, 2.05) is 6.07 Å². The number of hydrogen-bond acceptors (Lipinski definition) is 6. The van der Waals surface area contributed by atoms with Crippen LogP contribution in [0, 0.1) is 5.41 Å². The van der Waals surface area contributed by atoms with Gasteiger partial charge in [0, 0.05) is 42.8 Å². The number of benzene rings is 2. The number of fused-ring (bicyclic) bond motifs is 1. The lowest BCUT2D eigenvalue weighted by Crippen LogP contribution is -2.55. The van der Waals surface area contributed by atoms with E-state index in [0.717, 1.165) is 5.56 Å². The van der Waals surface area contributed by atoms with Crippen molar-refractivity contribution in [3.8, 4) is 0 Å². The van der Waals surface area contributed by atoms with Crippen molar-refractivity contribution < 1.29 is 24.2 Å². The predicted molar refractivity (Wildman–Crippen MR) is 118 cm³/mol. The van der Waals surface area contributed by atoms with E-state index in [9.17, 15) is 19.5 Å². The van der Waals surface area contributed by atoms with E-state index < -0.39 is 24.0 Å². The number of carbonyl (C=O) groups excluding carboxylic acids is 3. The van der Waals surface area contributed by atoms with Gasteiger partial charge in [-0.15, -0.1) is 0 Å². The highest BCUT2D eigenvalue weighted by Gasteiger charge is 2.40. The van der Waals surface area contributed by atoms with Gasteiger partial charge in [0.25, 0.3) is 17.7 Å². The van der Waals surface area contributed by atoms with Gasteiger partial charge in [-0.05, 0) is 42.3 Å². The second-order valence-electron chi connectivity index (χ2n) is 7.92. The van der Waals surface area contributed by atoms with E-state index in [0.29, 0.717) is 34.8 Å². The van der Waals surface area contributed by atoms with Gasteiger partial charge in [0.15, 0.2) is 12.2 Å². The Morgan fingerprint density at radius 1 is 1.22 bits per heavy atom. The number of hydrogen-bond donors (Lipinski definition) is 3. The van der Waals surface area contributed by atoms with Crippen LogP contribution in [0.15, 0.2) is 42.5 Å². The minimum atomic E-state index is -1.71. The van der Waals surface area contributed by atoms with Crippen LogP contribution in [-0.4, -0.2) is 65.8 Å². The molecule has 2 heterocycles. The molecule has 0 aliphatic carbocycles. The fourth-order valence-electron chi connectivity index (χ4n) is 3.85. The molecule has 4 rings (SSSR count). The second-order valence-corrected chi connectivity index (χ2v) is 7.92. The minimum absolute atomic E-state index is 0.109. The molecular formula is C23H24N4O5. The smallest absolute Gasteiger partial charge is 0.259 e. The lowest BCUT2D eigenvalue weighted by molar-refractivity contribution is -0.150. The Balaban J connectivity index is 1.47. The van der Waals surface area contributed by atoms with Gasteiger partial charge in [-0.3, -0.25) is 14.4 Å². The molecule has 1 fully saturated rings. The van der Waals surface area contributed by atoms with E-state index in [4.69, 9.17) is 10.1 Å². The van der Waals surface area contributed by atoms with Crippen LogP contribution in [0.1, 0.15) is 28.4 Å². The fraction of sp³-hybridized carbons (Fsp3) is 0.304. The largest absolute Gasteiger partial charge is 0.380 e. The molecule has 9 nitrogen and oxygen atoms in total. The van der Waals surface area contributed by atoms with Crippen molar-refractivity contribution in [1.29, 1.82) is 5.41 Å². The predicted octanol–water partition coefficient (Wildman–Crippen LogP) is 1.39. The van der Waals surface area contributed by atoms with Crippen molar-refractivity contribution in [3.63, 3.8) is 0 Å². The second kappa shape index (κ2) is 8.52. The molecule has 3 N–H and O–H groups in total. The van der Waals surface area contributed by atoms with Gasteiger partial charge >= 0.3 is 0 Å². The summed E-state index contributed by atoms with van der Waals surface area (Å²) in [4.78, 5) is 40.9. The van der Waals surface area contributed by atoms with E-state index >= 15 is 0 Å². The number of aliphatic hydroxyl groups excluding tert-OH is 1. The first-order valence-electron chi connectivity index (χ1n) is 10.2. The van der Waals surface area contributed by atoms with Crippen molar-refractivity contribution in [2.24, 2.45) is 0 Å². The first kappa shape index (κ1) is 21.7. The summed E-state index contributed by atoms with van der Waals surface area (Å²) in [6, 6.07) is 11.8. The molecule has 2 aliphatic heterocycles. The molecule has 2 aromatic carbocycles. The molecule has 2 atom stereocenters. The summed E-state index contributed by atoms with van der Waals surface area (Å²) < 4.78 is 5.44. The lowest BCUT2D eigenvalue weighted by atomic mass is 10.1. The molecule has 0 bridgehead atoms. The van der Waals surface area contributed by atoms with Crippen LogP contribution in [0.3, 0.4) is 0 Å². The van der Waals surface area contributed by atoms with Crippen molar-refractivity contribution in [3.05, 3.63) is 59.2 Å². The van der Waals surface area contributed by atoms with Gasteiger partial charge < -0.3 is 30.4 Å². The SMILES string of the molecule is CC(=N)c1ccc(NC(=O)C(O)C2OCCN(c3ccc4c(c3)C(=O)N(C)C4)C2=O)cc1. The topological polar surface area (TPSA) is 123 Å². The maximum absolute atomic E-state index is 13.0. The summed E-state index contributed by atoms with van der Waals surface area (Å²) in [7, 11) is 1.72. The molecule has 0 aromatic heterocycles. The van der Waals surface area contributed by atoms with Crippen LogP contribution >= 0.6 is 0 Å². The Bertz CT molecular complexity index is 1100. The first-order valence-corrected chi connectivity index (χ1v) is 10.2. The molecule has 166 valence electrons. The Hall–Kier alpha value is -3.56. The lowest BCUT2D eigenvalue weighted by Gasteiger charge is -2.34. The molecule has 3 amide bonds. The van der Waals surface area contributed by atoms with Crippen molar-refractivity contribution in [1.82, 2.24) is 4.90 Å². The Kier molecular flexibility index (Phi) is 5.77. The molecule has 32 heavy (non-hydrogen) atoms. The summed E-state index contributed by atoms with van der Waals surface area (Å²) in [5, 5.41) is 20.7. The highest BCUT2D eigenvalue weighted by molar-refractivity contribution is 6.05. The Morgan fingerprint density at radius 2 is 1.94 bits per heavy atom. The highest BCUT2D eigenvalue weighted by Crippen LogP contribution is 2.28. The summed E-state index contributed by atoms with van der Waals surface area (Å²) in [6.45, 7) is 2.56. The van der Waals surface area contributed by atoms with Crippen LogP contribution in [-0.2, 0) is 20.9 Å². The van der Waals surface area contributed by atoms with Gasteiger partial charge in [-0.25, -0.2) is 0 Å². The van der Waals surface area contributed by atoms with E-state index in [-0.39, 0.29) is 19.1 Å². The number of rotatable bonds is 5.